The number of aromatic nitrogens is 1. The SMILES string of the molecule is CCCCCCCC=CCOc1ccc(-c2ccc(CCCCCOCCC)cc2)nc1. The molecule has 0 unspecified atom stereocenters. The summed E-state index contributed by atoms with van der Waals surface area (Å²) in [5.41, 5.74) is 3.52. The van der Waals surface area contributed by atoms with Crippen molar-refractivity contribution in [2.75, 3.05) is 19.8 Å². The van der Waals surface area contributed by atoms with Crippen LogP contribution in [0.15, 0.2) is 54.7 Å². The van der Waals surface area contributed by atoms with Gasteiger partial charge in [-0.05, 0) is 56.2 Å². The number of ether oxygens (including phenoxy) is 2. The van der Waals surface area contributed by atoms with E-state index < -0.39 is 0 Å². The monoisotopic (exact) mass is 437 g/mol. The number of nitrogens with zero attached hydrogens (tertiary/aromatic N) is 1. The Morgan fingerprint density at radius 2 is 1.56 bits per heavy atom. The summed E-state index contributed by atoms with van der Waals surface area (Å²) in [6, 6.07) is 12.8. The van der Waals surface area contributed by atoms with Crippen LogP contribution < -0.4 is 4.74 Å². The predicted molar refractivity (Wildman–Crippen MR) is 136 cm³/mol. The van der Waals surface area contributed by atoms with Gasteiger partial charge in [0.25, 0.3) is 0 Å². The minimum absolute atomic E-state index is 0.607. The zero-order chi connectivity index (χ0) is 22.7. The summed E-state index contributed by atoms with van der Waals surface area (Å²) in [6.07, 6.45) is 19.8. The van der Waals surface area contributed by atoms with Crippen molar-refractivity contribution in [2.45, 2.75) is 84.5 Å². The Morgan fingerprint density at radius 3 is 2.31 bits per heavy atom. The lowest BCUT2D eigenvalue weighted by Gasteiger charge is -2.07. The molecule has 0 N–H and O–H groups in total. The molecule has 0 aliphatic heterocycles. The molecule has 0 spiro atoms. The van der Waals surface area contributed by atoms with E-state index in [0.29, 0.717) is 6.61 Å². The first-order chi connectivity index (χ1) is 15.8. The molecule has 2 rings (SSSR count). The largest absolute Gasteiger partial charge is 0.488 e. The quantitative estimate of drug-likeness (QED) is 0.174. The topological polar surface area (TPSA) is 31.4 Å². The highest BCUT2D eigenvalue weighted by molar-refractivity contribution is 5.59. The third kappa shape index (κ3) is 11.5. The van der Waals surface area contributed by atoms with E-state index in [0.717, 1.165) is 55.9 Å². The fourth-order valence-electron chi connectivity index (χ4n) is 3.63. The van der Waals surface area contributed by atoms with E-state index in [2.05, 4.69) is 55.2 Å². The molecule has 0 atom stereocenters. The van der Waals surface area contributed by atoms with Crippen LogP contribution in [0.25, 0.3) is 11.3 Å². The lowest BCUT2D eigenvalue weighted by Crippen LogP contribution is -1.96. The summed E-state index contributed by atoms with van der Waals surface area (Å²) in [6.45, 7) is 6.79. The molecule has 176 valence electrons. The lowest BCUT2D eigenvalue weighted by atomic mass is 10.0. The molecule has 2 aromatic rings. The van der Waals surface area contributed by atoms with Gasteiger partial charge in [-0.15, -0.1) is 0 Å². The summed E-state index contributed by atoms with van der Waals surface area (Å²) < 4.78 is 11.3. The predicted octanol–water partition coefficient (Wildman–Crippen LogP) is 8.18. The van der Waals surface area contributed by atoms with Gasteiger partial charge in [0.1, 0.15) is 12.4 Å². The van der Waals surface area contributed by atoms with Crippen molar-refractivity contribution in [1.82, 2.24) is 4.98 Å². The van der Waals surface area contributed by atoms with Crippen LogP contribution in [-0.2, 0) is 11.2 Å². The molecule has 0 aliphatic carbocycles. The second kappa shape index (κ2) is 17.4. The van der Waals surface area contributed by atoms with E-state index in [1.165, 1.54) is 50.5 Å². The van der Waals surface area contributed by atoms with Gasteiger partial charge in [0.15, 0.2) is 0 Å². The lowest BCUT2D eigenvalue weighted by molar-refractivity contribution is 0.130. The van der Waals surface area contributed by atoms with Gasteiger partial charge < -0.3 is 9.47 Å². The number of unbranched alkanes of at least 4 members (excludes halogenated alkanes) is 7. The van der Waals surface area contributed by atoms with Gasteiger partial charge in [-0.3, -0.25) is 4.98 Å². The summed E-state index contributed by atoms with van der Waals surface area (Å²) in [5.74, 6) is 0.820. The van der Waals surface area contributed by atoms with Crippen molar-refractivity contribution in [2.24, 2.45) is 0 Å². The molecule has 3 heteroatoms. The van der Waals surface area contributed by atoms with Crippen molar-refractivity contribution in [3.8, 4) is 17.0 Å². The summed E-state index contributed by atoms with van der Waals surface area (Å²) >= 11 is 0. The zero-order valence-electron chi connectivity index (χ0n) is 20.4. The highest BCUT2D eigenvalue weighted by atomic mass is 16.5. The van der Waals surface area contributed by atoms with Gasteiger partial charge in [0.05, 0.1) is 11.9 Å². The summed E-state index contributed by atoms with van der Waals surface area (Å²) in [5, 5.41) is 0. The van der Waals surface area contributed by atoms with Gasteiger partial charge >= 0.3 is 0 Å². The molecular weight excluding hydrogens is 394 g/mol. The van der Waals surface area contributed by atoms with Crippen LogP contribution in [0, 0.1) is 0 Å². The van der Waals surface area contributed by atoms with Crippen LogP contribution in [0.5, 0.6) is 5.75 Å². The van der Waals surface area contributed by atoms with Crippen LogP contribution in [0.4, 0.5) is 0 Å². The van der Waals surface area contributed by atoms with E-state index in [9.17, 15) is 0 Å². The molecule has 32 heavy (non-hydrogen) atoms. The second-order valence-electron chi connectivity index (χ2n) is 8.48. The van der Waals surface area contributed by atoms with Crippen molar-refractivity contribution < 1.29 is 9.47 Å². The third-order valence-electron chi connectivity index (χ3n) is 5.58. The van der Waals surface area contributed by atoms with E-state index >= 15 is 0 Å². The van der Waals surface area contributed by atoms with E-state index in [-0.39, 0.29) is 0 Å². The molecule has 1 aromatic heterocycles. The van der Waals surface area contributed by atoms with Crippen LogP contribution in [0.2, 0.25) is 0 Å². The van der Waals surface area contributed by atoms with E-state index in [1.54, 1.807) is 0 Å². The standard InChI is InChI=1S/C29H43NO2/c1-3-5-6-7-8-9-10-14-24-32-28-20-21-29(30-25-28)27-18-16-26(17-19-27)15-12-11-13-23-31-22-4-2/h10,14,16-21,25H,3-9,11-13,15,22-24H2,1-2H3. The minimum atomic E-state index is 0.607. The number of benzene rings is 1. The maximum absolute atomic E-state index is 5.79. The fraction of sp³-hybridized carbons (Fsp3) is 0.552. The van der Waals surface area contributed by atoms with Crippen LogP contribution in [0.3, 0.4) is 0 Å². The Morgan fingerprint density at radius 1 is 0.750 bits per heavy atom. The number of hydrogen-bond donors (Lipinski definition) is 0. The van der Waals surface area contributed by atoms with Crippen molar-refractivity contribution >= 4 is 0 Å². The normalized spacial score (nSPS) is 11.3. The Hall–Kier alpha value is -2.13. The highest BCUT2D eigenvalue weighted by Gasteiger charge is 2.01. The molecule has 0 amide bonds. The van der Waals surface area contributed by atoms with Gasteiger partial charge in [0.2, 0.25) is 0 Å². The number of aryl methyl sites for hydroxylation is 1. The first kappa shape index (κ1) is 26.1. The molecule has 0 bridgehead atoms. The number of hydrogen-bond acceptors (Lipinski definition) is 3. The molecule has 1 aromatic carbocycles. The van der Waals surface area contributed by atoms with Gasteiger partial charge in [-0.25, -0.2) is 0 Å². The maximum atomic E-state index is 5.79. The Labute approximate surface area is 196 Å². The summed E-state index contributed by atoms with van der Waals surface area (Å²) in [7, 11) is 0. The second-order valence-corrected chi connectivity index (χ2v) is 8.48. The van der Waals surface area contributed by atoms with Crippen LogP contribution in [0.1, 0.15) is 83.6 Å². The van der Waals surface area contributed by atoms with E-state index in [1.807, 2.05) is 18.3 Å². The highest BCUT2D eigenvalue weighted by Crippen LogP contribution is 2.21. The summed E-state index contributed by atoms with van der Waals surface area (Å²) in [4.78, 5) is 4.58. The molecule has 1 heterocycles. The smallest absolute Gasteiger partial charge is 0.138 e. The molecule has 3 nitrogen and oxygen atoms in total. The Kier molecular flexibility index (Phi) is 14.2. The van der Waals surface area contributed by atoms with E-state index in [4.69, 9.17) is 9.47 Å². The Balaban J connectivity index is 1.64. The number of pyridine rings is 1. The van der Waals surface area contributed by atoms with Gasteiger partial charge in [-0.2, -0.15) is 0 Å². The molecule has 0 saturated heterocycles. The first-order valence-electron chi connectivity index (χ1n) is 12.7. The van der Waals surface area contributed by atoms with Crippen LogP contribution >= 0.6 is 0 Å². The average molecular weight is 438 g/mol. The molecule has 0 aliphatic rings. The number of rotatable bonds is 18. The first-order valence-corrected chi connectivity index (χ1v) is 12.7. The fourth-order valence-corrected chi connectivity index (χ4v) is 3.63. The molecule has 0 saturated carbocycles. The minimum Gasteiger partial charge on any atom is -0.488 e. The Bertz CT molecular complexity index is 722. The van der Waals surface area contributed by atoms with Crippen molar-refractivity contribution in [1.29, 1.82) is 0 Å². The number of allylic oxidation sites excluding steroid dienone is 1. The van der Waals surface area contributed by atoms with Crippen molar-refractivity contribution in [3.63, 3.8) is 0 Å². The maximum Gasteiger partial charge on any atom is 0.138 e. The van der Waals surface area contributed by atoms with Crippen molar-refractivity contribution in [3.05, 3.63) is 60.3 Å². The molecular formula is C29H43NO2. The third-order valence-corrected chi connectivity index (χ3v) is 5.58. The molecule has 0 radical (unpaired) electrons. The van der Waals surface area contributed by atoms with Crippen LogP contribution in [-0.4, -0.2) is 24.8 Å². The average Bonchev–Trinajstić information content (AvgIpc) is 2.83. The molecule has 0 fully saturated rings. The van der Waals surface area contributed by atoms with Gasteiger partial charge in [0, 0.05) is 18.8 Å². The van der Waals surface area contributed by atoms with Gasteiger partial charge in [-0.1, -0.05) is 82.4 Å². The zero-order valence-corrected chi connectivity index (χ0v) is 20.4.